The van der Waals surface area contributed by atoms with E-state index >= 15 is 0 Å². The SMILES string of the molecule is C=C(C)CNC(=O)c1ccc(COc2cccc(CC)c2)cn1. The minimum Gasteiger partial charge on any atom is -0.489 e. The summed E-state index contributed by atoms with van der Waals surface area (Å²) in [6, 6.07) is 11.6. The van der Waals surface area contributed by atoms with Crippen molar-refractivity contribution >= 4 is 5.91 Å². The van der Waals surface area contributed by atoms with Crippen molar-refractivity contribution in [2.45, 2.75) is 26.9 Å². The summed E-state index contributed by atoms with van der Waals surface area (Å²) in [5.74, 6) is 0.642. The van der Waals surface area contributed by atoms with Gasteiger partial charge < -0.3 is 10.1 Å². The number of rotatable bonds is 7. The molecule has 0 spiro atoms. The molecule has 1 N–H and O–H groups in total. The van der Waals surface area contributed by atoms with E-state index in [0.29, 0.717) is 18.8 Å². The fourth-order valence-corrected chi connectivity index (χ4v) is 1.99. The van der Waals surface area contributed by atoms with Crippen LogP contribution in [-0.4, -0.2) is 17.4 Å². The lowest BCUT2D eigenvalue weighted by Gasteiger charge is -2.08. The maximum atomic E-state index is 11.9. The number of ether oxygens (including phenoxy) is 1. The lowest BCUT2D eigenvalue weighted by molar-refractivity contribution is 0.0952. The third kappa shape index (κ3) is 5.25. The highest BCUT2D eigenvalue weighted by Crippen LogP contribution is 2.15. The molecule has 0 radical (unpaired) electrons. The van der Waals surface area contributed by atoms with Crippen LogP contribution in [-0.2, 0) is 13.0 Å². The molecule has 0 bridgehead atoms. The van der Waals surface area contributed by atoms with Gasteiger partial charge in [-0.25, -0.2) is 0 Å². The highest BCUT2D eigenvalue weighted by Gasteiger charge is 2.06. The molecule has 23 heavy (non-hydrogen) atoms. The first-order chi connectivity index (χ1) is 11.1. The fraction of sp³-hybridized carbons (Fsp3) is 0.263. The van der Waals surface area contributed by atoms with Crippen LogP contribution in [0.1, 0.15) is 35.5 Å². The third-order valence-corrected chi connectivity index (χ3v) is 3.32. The number of aryl methyl sites for hydroxylation is 1. The van der Waals surface area contributed by atoms with Crippen molar-refractivity contribution in [3.05, 3.63) is 71.6 Å². The number of amides is 1. The van der Waals surface area contributed by atoms with Crippen LogP contribution in [0.4, 0.5) is 0 Å². The Morgan fingerprint density at radius 3 is 2.74 bits per heavy atom. The molecule has 1 aromatic heterocycles. The Morgan fingerprint density at radius 2 is 2.09 bits per heavy atom. The van der Waals surface area contributed by atoms with E-state index in [4.69, 9.17) is 4.74 Å². The van der Waals surface area contributed by atoms with Crippen molar-refractivity contribution in [3.8, 4) is 5.75 Å². The van der Waals surface area contributed by atoms with Gasteiger partial charge in [0.1, 0.15) is 18.1 Å². The van der Waals surface area contributed by atoms with Crippen LogP contribution in [0.5, 0.6) is 5.75 Å². The summed E-state index contributed by atoms with van der Waals surface area (Å²) in [6.07, 6.45) is 2.64. The van der Waals surface area contributed by atoms with Gasteiger partial charge in [-0.15, -0.1) is 0 Å². The number of benzene rings is 1. The molecule has 0 fully saturated rings. The van der Waals surface area contributed by atoms with Crippen LogP contribution in [0, 0.1) is 0 Å². The quantitative estimate of drug-likeness (QED) is 0.796. The zero-order valence-electron chi connectivity index (χ0n) is 13.6. The van der Waals surface area contributed by atoms with Crippen molar-refractivity contribution in [2.75, 3.05) is 6.54 Å². The van der Waals surface area contributed by atoms with Gasteiger partial charge in [-0.05, 0) is 37.1 Å². The first kappa shape index (κ1) is 16.7. The number of hydrogen-bond donors (Lipinski definition) is 1. The third-order valence-electron chi connectivity index (χ3n) is 3.32. The molecule has 2 aromatic rings. The topological polar surface area (TPSA) is 51.2 Å². The number of carbonyl (C=O) groups excluding carboxylic acids is 1. The van der Waals surface area contributed by atoms with Gasteiger partial charge >= 0.3 is 0 Å². The van der Waals surface area contributed by atoms with E-state index in [1.54, 1.807) is 12.3 Å². The highest BCUT2D eigenvalue weighted by molar-refractivity contribution is 5.92. The molecule has 120 valence electrons. The minimum atomic E-state index is -0.198. The Morgan fingerprint density at radius 1 is 1.26 bits per heavy atom. The Kier molecular flexibility index (Phi) is 5.92. The molecule has 0 aliphatic heterocycles. The van der Waals surface area contributed by atoms with E-state index in [0.717, 1.165) is 23.3 Å². The van der Waals surface area contributed by atoms with E-state index in [1.807, 2.05) is 31.2 Å². The second-order valence-corrected chi connectivity index (χ2v) is 5.48. The molecule has 4 nitrogen and oxygen atoms in total. The Hall–Kier alpha value is -2.62. The molecule has 0 aliphatic carbocycles. The van der Waals surface area contributed by atoms with Crippen LogP contribution < -0.4 is 10.1 Å². The number of pyridine rings is 1. The van der Waals surface area contributed by atoms with E-state index in [-0.39, 0.29) is 5.91 Å². The predicted octanol–water partition coefficient (Wildman–Crippen LogP) is 3.53. The molecule has 1 heterocycles. The number of nitrogens with one attached hydrogen (secondary N) is 1. The van der Waals surface area contributed by atoms with Crippen molar-refractivity contribution in [2.24, 2.45) is 0 Å². The average molecular weight is 310 g/mol. The molecule has 1 aromatic carbocycles. The Bertz CT molecular complexity index is 678. The molecular weight excluding hydrogens is 288 g/mol. The number of carbonyl (C=O) groups is 1. The number of nitrogens with zero attached hydrogens (tertiary/aromatic N) is 1. The van der Waals surface area contributed by atoms with Crippen molar-refractivity contribution in [1.82, 2.24) is 10.3 Å². The van der Waals surface area contributed by atoms with Gasteiger partial charge in [-0.2, -0.15) is 0 Å². The predicted molar refractivity (Wildman–Crippen MR) is 91.5 cm³/mol. The number of aromatic nitrogens is 1. The number of hydrogen-bond acceptors (Lipinski definition) is 3. The summed E-state index contributed by atoms with van der Waals surface area (Å²) in [7, 11) is 0. The minimum absolute atomic E-state index is 0.198. The van der Waals surface area contributed by atoms with Gasteiger partial charge in [-0.1, -0.05) is 37.3 Å². The molecular formula is C19H22N2O2. The summed E-state index contributed by atoms with van der Waals surface area (Å²) in [5, 5.41) is 2.76. The van der Waals surface area contributed by atoms with Gasteiger partial charge in [0.2, 0.25) is 0 Å². The van der Waals surface area contributed by atoms with Gasteiger partial charge in [0.25, 0.3) is 5.91 Å². The highest BCUT2D eigenvalue weighted by atomic mass is 16.5. The summed E-state index contributed by atoms with van der Waals surface area (Å²) >= 11 is 0. The van der Waals surface area contributed by atoms with Crippen LogP contribution in [0.25, 0.3) is 0 Å². The van der Waals surface area contributed by atoms with Crippen LogP contribution in [0.2, 0.25) is 0 Å². The molecule has 2 rings (SSSR count). The van der Waals surface area contributed by atoms with E-state index in [9.17, 15) is 4.79 Å². The zero-order chi connectivity index (χ0) is 16.7. The zero-order valence-corrected chi connectivity index (χ0v) is 13.6. The molecule has 0 unspecified atom stereocenters. The van der Waals surface area contributed by atoms with Crippen LogP contribution >= 0.6 is 0 Å². The van der Waals surface area contributed by atoms with Gasteiger partial charge in [0.15, 0.2) is 0 Å². The monoisotopic (exact) mass is 310 g/mol. The largest absolute Gasteiger partial charge is 0.489 e. The van der Waals surface area contributed by atoms with Crippen molar-refractivity contribution in [3.63, 3.8) is 0 Å². The molecule has 0 aliphatic rings. The average Bonchev–Trinajstić information content (AvgIpc) is 2.58. The van der Waals surface area contributed by atoms with Crippen molar-refractivity contribution < 1.29 is 9.53 Å². The molecule has 0 saturated carbocycles. The molecule has 0 atom stereocenters. The molecule has 1 amide bonds. The summed E-state index contributed by atoms with van der Waals surface area (Å²) < 4.78 is 5.76. The second kappa shape index (κ2) is 8.13. The lowest BCUT2D eigenvalue weighted by Crippen LogP contribution is -2.25. The normalized spacial score (nSPS) is 10.2. The Labute approximate surface area is 137 Å². The van der Waals surface area contributed by atoms with E-state index in [2.05, 4.69) is 29.9 Å². The standard InChI is InChI=1S/C19H22N2O2/c1-4-15-6-5-7-17(10-15)23-13-16-8-9-18(20-12-16)19(22)21-11-14(2)3/h5-10,12H,2,4,11,13H2,1,3H3,(H,21,22). The van der Waals surface area contributed by atoms with E-state index < -0.39 is 0 Å². The molecule has 4 heteroatoms. The summed E-state index contributed by atoms with van der Waals surface area (Å²) in [6.45, 7) is 8.61. The van der Waals surface area contributed by atoms with E-state index in [1.165, 1.54) is 5.56 Å². The fourth-order valence-electron chi connectivity index (χ4n) is 1.99. The first-order valence-electron chi connectivity index (χ1n) is 7.67. The smallest absolute Gasteiger partial charge is 0.270 e. The second-order valence-electron chi connectivity index (χ2n) is 5.48. The maximum absolute atomic E-state index is 11.9. The summed E-state index contributed by atoms with van der Waals surface area (Å²) in [4.78, 5) is 16.0. The van der Waals surface area contributed by atoms with Gasteiger partial charge in [0, 0.05) is 18.3 Å². The van der Waals surface area contributed by atoms with Crippen LogP contribution in [0.15, 0.2) is 54.7 Å². The Balaban J connectivity index is 1.91. The lowest BCUT2D eigenvalue weighted by atomic mass is 10.2. The van der Waals surface area contributed by atoms with Gasteiger partial charge in [-0.3, -0.25) is 9.78 Å². The van der Waals surface area contributed by atoms with Crippen LogP contribution in [0.3, 0.4) is 0 Å². The van der Waals surface area contributed by atoms with Gasteiger partial charge in [0.05, 0.1) is 0 Å². The molecule has 0 saturated heterocycles. The van der Waals surface area contributed by atoms with Crippen molar-refractivity contribution in [1.29, 1.82) is 0 Å². The first-order valence-corrected chi connectivity index (χ1v) is 7.67. The summed E-state index contributed by atoms with van der Waals surface area (Å²) in [5.41, 5.74) is 3.45. The maximum Gasteiger partial charge on any atom is 0.270 e.